The van der Waals surface area contributed by atoms with Crippen LogP contribution in [0.3, 0.4) is 0 Å². The quantitative estimate of drug-likeness (QED) is 0.593. The number of non-ortho nitro benzene ring substituents is 1. The van der Waals surface area contributed by atoms with E-state index >= 15 is 0 Å². The van der Waals surface area contributed by atoms with E-state index in [4.69, 9.17) is 23.2 Å². The standard InChI is InChI=1S/C14H9Cl2NO2/c1-9(10-2-4-11(15)5-3-10)13-7-6-12(17(18)19)8-14(13)16/h2-8H,1H2. The molecule has 0 saturated heterocycles. The van der Waals surface area contributed by atoms with Crippen molar-refractivity contribution >= 4 is 34.5 Å². The first-order valence-corrected chi connectivity index (χ1v) is 6.14. The van der Waals surface area contributed by atoms with Gasteiger partial charge in [0.25, 0.3) is 5.69 Å². The fourth-order valence-electron chi connectivity index (χ4n) is 1.67. The van der Waals surface area contributed by atoms with Gasteiger partial charge in [0.05, 0.1) is 9.95 Å². The van der Waals surface area contributed by atoms with Gasteiger partial charge >= 0.3 is 0 Å². The number of nitro groups is 1. The van der Waals surface area contributed by atoms with Crippen LogP contribution in [-0.2, 0) is 0 Å². The van der Waals surface area contributed by atoms with Crippen molar-refractivity contribution in [2.45, 2.75) is 0 Å². The zero-order chi connectivity index (χ0) is 14.0. The SMILES string of the molecule is C=C(c1ccc(Cl)cc1)c1ccc([N+](=O)[O-])cc1Cl. The fourth-order valence-corrected chi connectivity index (χ4v) is 2.08. The van der Waals surface area contributed by atoms with Gasteiger partial charge < -0.3 is 0 Å². The van der Waals surface area contributed by atoms with Gasteiger partial charge in [0.2, 0.25) is 0 Å². The highest BCUT2D eigenvalue weighted by molar-refractivity contribution is 6.33. The summed E-state index contributed by atoms with van der Waals surface area (Å²) in [7, 11) is 0. The maximum Gasteiger partial charge on any atom is 0.270 e. The minimum Gasteiger partial charge on any atom is -0.258 e. The first-order chi connectivity index (χ1) is 8.99. The lowest BCUT2D eigenvalue weighted by Crippen LogP contribution is -1.91. The van der Waals surface area contributed by atoms with E-state index < -0.39 is 4.92 Å². The smallest absolute Gasteiger partial charge is 0.258 e. The molecular formula is C14H9Cl2NO2. The minimum atomic E-state index is -0.485. The molecule has 0 radical (unpaired) electrons. The van der Waals surface area contributed by atoms with Gasteiger partial charge in [-0.3, -0.25) is 10.1 Å². The molecule has 0 aliphatic carbocycles. The van der Waals surface area contributed by atoms with Gasteiger partial charge in [-0.25, -0.2) is 0 Å². The van der Waals surface area contributed by atoms with Gasteiger partial charge in [-0.2, -0.15) is 0 Å². The van der Waals surface area contributed by atoms with Gasteiger partial charge in [-0.05, 0) is 29.3 Å². The van der Waals surface area contributed by atoms with Gasteiger partial charge in [0.15, 0.2) is 0 Å². The Morgan fingerprint density at radius 3 is 2.26 bits per heavy atom. The van der Waals surface area contributed by atoms with Crippen molar-refractivity contribution < 1.29 is 4.92 Å². The summed E-state index contributed by atoms with van der Waals surface area (Å²) in [5.41, 5.74) is 2.17. The first kappa shape index (κ1) is 13.6. The Labute approximate surface area is 120 Å². The highest BCUT2D eigenvalue weighted by Gasteiger charge is 2.12. The van der Waals surface area contributed by atoms with E-state index in [-0.39, 0.29) is 5.69 Å². The Morgan fingerprint density at radius 1 is 1.11 bits per heavy atom. The Morgan fingerprint density at radius 2 is 1.74 bits per heavy atom. The van der Waals surface area contributed by atoms with E-state index in [1.54, 1.807) is 18.2 Å². The molecule has 5 heteroatoms. The molecule has 0 aliphatic heterocycles. The summed E-state index contributed by atoms with van der Waals surface area (Å²) in [5.74, 6) is 0. The molecule has 2 rings (SSSR count). The van der Waals surface area contributed by atoms with Crippen LogP contribution in [0.25, 0.3) is 5.57 Å². The molecule has 2 aromatic carbocycles. The van der Waals surface area contributed by atoms with Crippen molar-refractivity contribution in [1.29, 1.82) is 0 Å². The van der Waals surface area contributed by atoms with E-state index in [1.807, 2.05) is 12.1 Å². The zero-order valence-electron chi connectivity index (χ0n) is 9.77. The lowest BCUT2D eigenvalue weighted by molar-refractivity contribution is -0.384. The molecule has 0 spiro atoms. The van der Waals surface area contributed by atoms with Crippen LogP contribution >= 0.6 is 23.2 Å². The third-order valence-electron chi connectivity index (χ3n) is 2.68. The number of benzene rings is 2. The maximum atomic E-state index is 10.7. The number of hydrogen-bond acceptors (Lipinski definition) is 2. The summed E-state index contributed by atoms with van der Waals surface area (Å²) in [6, 6.07) is 11.5. The highest BCUT2D eigenvalue weighted by Crippen LogP contribution is 2.31. The zero-order valence-corrected chi connectivity index (χ0v) is 11.3. The first-order valence-electron chi connectivity index (χ1n) is 5.38. The molecule has 0 unspecified atom stereocenters. The van der Waals surface area contributed by atoms with Crippen LogP contribution in [0.1, 0.15) is 11.1 Å². The molecular weight excluding hydrogens is 285 g/mol. The molecule has 2 aromatic rings. The minimum absolute atomic E-state index is 0.0438. The van der Waals surface area contributed by atoms with Gasteiger partial charge in [0.1, 0.15) is 0 Å². The molecule has 0 amide bonds. The van der Waals surface area contributed by atoms with Crippen molar-refractivity contribution in [2.75, 3.05) is 0 Å². The fraction of sp³-hybridized carbons (Fsp3) is 0. The Balaban J connectivity index is 2.39. The molecule has 0 aromatic heterocycles. The van der Waals surface area contributed by atoms with Crippen LogP contribution in [0.15, 0.2) is 49.0 Å². The predicted octanol–water partition coefficient (Wildman–Crippen LogP) is 4.96. The molecule has 19 heavy (non-hydrogen) atoms. The Hall–Kier alpha value is -1.84. The molecule has 0 bridgehead atoms. The van der Waals surface area contributed by atoms with E-state index in [9.17, 15) is 10.1 Å². The molecule has 3 nitrogen and oxygen atoms in total. The molecule has 0 fully saturated rings. The van der Waals surface area contributed by atoms with Gasteiger partial charge in [-0.1, -0.05) is 41.9 Å². The lowest BCUT2D eigenvalue weighted by atomic mass is 9.99. The molecule has 0 atom stereocenters. The maximum absolute atomic E-state index is 10.7. The van der Waals surface area contributed by atoms with Crippen LogP contribution in [-0.4, -0.2) is 4.92 Å². The van der Waals surface area contributed by atoms with Crippen LogP contribution in [0.5, 0.6) is 0 Å². The van der Waals surface area contributed by atoms with Crippen molar-refractivity contribution in [3.8, 4) is 0 Å². The molecule has 0 N–H and O–H groups in total. The molecule has 96 valence electrons. The van der Waals surface area contributed by atoms with Crippen LogP contribution in [0.2, 0.25) is 10.0 Å². The number of halogens is 2. The summed E-state index contributed by atoms with van der Waals surface area (Å²) >= 11 is 11.9. The van der Waals surface area contributed by atoms with Crippen molar-refractivity contribution in [3.05, 3.63) is 80.3 Å². The summed E-state index contributed by atoms with van der Waals surface area (Å²) in [6.07, 6.45) is 0. The van der Waals surface area contributed by atoms with Gasteiger partial charge in [0, 0.05) is 22.7 Å². The Kier molecular flexibility index (Phi) is 3.88. The number of rotatable bonds is 3. The molecule has 0 aliphatic rings. The second-order valence-electron chi connectivity index (χ2n) is 3.91. The van der Waals surface area contributed by atoms with Crippen LogP contribution in [0.4, 0.5) is 5.69 Å². The second-order valence-corrected chi connectivity index (χ2v) is 4.75. The summed E-state index contributed by atoms with van der Waals surface area (Å²) in [4.78, 5) is 10.2. The normalized spacial score (nSPS) is 10.2. The Bertz CT molecular complexity index is 651. The lowest BCUT2D eigenvalue weighted by Gasteiger charge is -2.08. The van der Waals surface area contributed by atoms with Crippen molar-refractivity contribution in [2.24, 2.45) is 0 Å². The topological polar surface area (TPSA) is 43.1 Å². The predicted molar refractivity (Wildman–Crippen MR) is 77.7 cm³/mol. The molecule has 0 saturated carbocycles. The monoisotopic (exact) mass is 293 g/mol. The number of hydrogen-bond donors (Lipinski definition) is 0. The van der Waals surface area contributed by atoms with Crippen LogP contribution in [0, 0.1) is 10.1 Å². The number of nitrogens with zero attached hydrogens (tertiary/aromatic N) is 1. The third-order valence-corrected chi connectivity index (χ3v) is 3.25. The van der Waals surface area contributed by atoms with E-state index in [2.05, 4.69) is 6.58 Å². The van der Waals surface area contributed by atoms with Crippen LogP contribution < -0.4 is 0 Å². The molecule has 0 heterocycles. The summed E-state index contributed by atoms with van der Waals surface area (Å²) in [6.45, 7) is 3.96. The number of nitro benzene ring substituents is 1. The average Bonchev–Trinajstić information content (AvgIpc) is 2.38. The summed E-state index contributed by atoms with van der Waals surface area (Å²) in [5, 5.41) is 11.6. The average molecular weight is 294 g/mol. The van der Waals surface area contributed by atoms with E-state index in [0.29, 0.717) is 21.2 Å². The van der Waals surface area contributed by atoms with E-state index in [0.717, 1.165) is 5.56 Å². The van der Waals surface area contributed by atoms with E-state index in [1.165, 1.54) is 12.1 Å². The van der Waals surface area contributed by atoms with Crippen molar-refractivity contribution in [1.82, 2.24) is 0 Å². The van der Waals surface area contributed by atoms with Crippen molar-refractivity contribution in [3.63, 3.8) is 0 Å². The highest BCUT2D eigenvalue weighted by atomic mass is 35.5. The summed E-state index contributed by atoms with van der Waals surface area (Å²) < 4.78 is 0. The largest absolute Gasteiger partial charge is 0.270 e. The second kappa shape index (κ2) is 5.43. The third kappa shape index (κ3) is 2.95. The van der Waals surface area contributed by atoms with Gasteiger partial charge in [-0.15, -0.1) is 0 Å².